The molecule has 0 N–H and O–H groups in total. The van der Waals surface area contributed by atoms with Crippen molar-refractivity contribution in [2.24, 2.45) is 0 Å². The van der Waals surface area contributed by atoms with Crippen molar-refractivity contribution in [2.75, 3.05) is 0 Å². The predicted octanol–water partition coefficient (Wildman–Crippen LogP) is -4.69. The summed E-state index contributed by atoms with van der Waals surface area (Å²) in [4.78, 5) is 0. The minimum absolute atomic E-state index is 0. The maximum Gasteiger partial charge on any atom is 2.00 e. The fraction of sp³-hybridized carbons (Fsp3) is 0. The van der Waals surface area contributed by atoms with Crippen molar-refractivity contribution in [3.8, 4) is 25.0 Å². The second-order valence-corrected chi connectivity index (χ2v) is 0.365. The van der Waals surface area contributed by atoms with Crippen LogP contribution in [0, 0.1) is 46.1 Å². The van der Waals surface area contributed by atoms with Gasteiger partial charge in [-0.1, -0.05) is 0 Å². The van der Waals surface area contributed by atoms with Gasteiger partial charge in [0.05, 0.1) is 0 Å². The summed E-state index contributed by atoms with van der Waals surface area (Å²) < 4.78 is 0. The molecule has 0 aromatic heterocycles. The van der Waals surface area contributed by atoms with Crippen molar-refractivity contribution in [1.82, 2.24) is 0 Å². The Hall–Kier alpha value is -1.80. The first-order valence-corrected chi connectivity index (χ1v) is 1.71. The van der Waals surface area contributed by atoms with E-state index in [-0.39, 0.29) is 34.1 Å². The normalized spacial score (nSPS) is 2.00. The Morgan fingerprint density at radius 3 is 0.571 bits per heavy atom. The van der Waals surface area contributed by atoms with Crippen molar-refractivity contribution >= 4 is 0 Å². The third kappa shape index (κ3) is 266. The van der Waals surface area contributed by atoms with E-state index in [1.54, 1.807) is 0 Å². The van der Waals surface area contributed by atoms with Crippen LogP contribution in [-0.4, -0.2) is 0 Å². The molecular weight excluding hydrogens is 287 g/mol. The Balaban J connectivity index is -0.0000000145. The van der Waals surface area contributed by atoms with E-state index in [9.17, 15) is 0 Å². The summed E-state index contributed by atoms with van der Waals surface area (Å²) in [5.41, 5.74) is 0. The van der Waals surface area contributed by atoms with Gasteiger partial charge in [0.1, 0.15) is 0 Å². The van der Waals surface area contributed by atoms with E-state index in [0.29, 0.717) is 25.0 Å². The number of rotatable bonds is 0. The van der Waals surface area contributed by atoms with E-state index in [2.05, 4.69) is 0 Å². The van der Waals surface area contributed by atoms with E-state index >= 15 is 0 Å². The predicted molar refractivity (Wildman–Crippen MR) is 22.5 cm³/mol. The Labute approximate surface area is 101 Å². The first-order valence-electron chi connectivity index (χ1n) is 1.71. The average Bonchev–Trinajstić information content (AvgIpc) is 1.92. The summed E-state index contributed by atoms with van der Waals surface area (Å²) in [6.45, 7) is 0. The molecule has 0 saturated carbocycles. The van der Waals surface area contributed by atoms with Gasteiger partial charge < -0.3 is 20.4 Å². The summed E-state index contributed by atoms with van der Waals surface area (Å²) in [6, 6.07) is 0. The van der Waals surface area contributed by atoms with Gasteiger partial charge in [0.2, 0.25) is 0 Å². The van der Waals surface area contributed by atoms with Crippen LogP contribution in [0.4, 0.5) is 0 Å². The molecule has 0 aromatic rings. The molecule has 0 aliphatic rings. The minimum Gasteiger partial charge on any atom is -0.812 e. The van der Waals surface area contributed by atoms with Gasteiger partial charge in [0.25, 0.3) is 0 Å². The molecular formula is C4CuFeN4O4. The first kappa shape index (κ1) is 39.8. The van der Waals surface area contributed by atoms with Gasteiger partial charge in [0, 0.05) is 25.0 Å². The van der Waals surface area contributed by atoms with Crippen LogP contribution in [0.2, 0.25) is 0 Å². The zero-order valence-electron chi connectivity index (χ0n) is 6.08. The molecule has 0 aliphatic carbocycles. The van der Waals surface area contributed by atoms with Crippen LogP contribution in [0.5, 0.6) is 0 Å². The molecule has 8 nitrogen and oxygen atoms in total. The van der Waals surface area contributed by atoms with Crippen LogP contribution in [0.3, 0.4) is 0 Å². The van der Waals surface area contributed by atoms with Crippen molar-refractivity contribution in [1.29, 1.82) is 21.0 Å². The van der Waals surface area contributed by atoms with Crippen LogP contribution >= 0.6 is 0 Å². The molecule has 0 heterocycles. The minimum atomic E-state index is 0. The molecule has 0 rings (SSSR count). The molecule has 14 heavy (non-hydrogen) atoms. The molecule has 0 saturated heterocycles. The molecule has 0 aromatic carbocycles. The van der Waals surface area contributed by atoms with E-state index in [1.165, 1.54) is 0 Å². The fourth-order valence-electron chi connectivity index (χ4n) is 0. The monoisotopic (exact) mass is 287 g/mol. The fourth-order valence-corrected chi connectivity index (χ4v) is 0. The zero-order valence-corrected chi connectivity index (χ0v) is 8.12. The molecule has 0 bridgehead atoms. The van der Waals surface area contributed by atoms with Gasteiger partial charge in [-0.2, -0.15) is 0 Å². The van der Waals surface area contributed by atoms with E-state index < -0.39 is 0 Å². The second kappa shape index (κ2) is 241. The quantitative estimate of drug-likeness (QED) is 0.313. The third-order valence-corrected chi connectivity index (χ3v) is 0. The van der Waals surface area contributed by atoms with Crippen molar-refractivity contribution in [3.63, 3.8) is 0 Å². The Morgan fingerprint density at radius 1 is 0.571 bits per heavy atom. The Bertz CT molecular complexity index is 163. The molecule has 1 radical (unpaired) electrons. The van der Waals surface area contributed by atoms with Crippen molar-refractivity contribution in [2.45, 2.75) is 0 Å². The number of nitriles is 4. The summed E-state index contributed by atoms with van der Waals surface area (Å²) in [6.07, 6.45) is 2.00. The van der Waals surface area contributed by atoms with Crippen LogP contribution in [0.25, 0.3) is 0 Å². The van der Waals surface area contributed by atoms with E-state index in [1.807, 2.05) is 0 Å². The topological polar surface area (TPSA) is 187 Å². The van der Waals surface area contributed by atoms with Crippen LogP contribution < -0.4 is 20.4 Å². The SMILES string of the molecule is N#C[O-].N#C[O-].N#C[O-].N#C[O-].[Cu+2].[Fe+2]. The maximum absolute atomic E-state index is 8.24. The molecule has 0 spiro atoms. The first-order chi connectivity index (χ1) is 5.66. The van der Waals surface area contributed by atoms with Crippen LogP contribution in [0.15, 0.2) is 0 Å². The standard InChI is InChI=1S/4CHNO.Cu.Fe/c4*2-1-3;;/h4*3H;;/q;;;;2*+2/p-4. The molecule has 0 aliphatic heterocycles. The van der Waals surface area contributed by atoms with Gasteiger partial charge >= 0.3 is 34.1 Å². The summed E-state index contributed by atoms with van der Waals surface area (Å²) in [5, 5.41) is 60.0. The maximum atomic E-state index is 8.24. The van der Waals surface area contributed by atoms with Crippen LogP contribution in [0.1, 0.15) is 0 Å². The smallest absolute Gasteiger partial charge is 0.812 e. The summed E-state index contributed by atoms with van der Waals surface area (Å²) in [5.74, 6) is 0. The Morgan fingerprint density at radius 2 is 0.571 bits per heavy atom. The average molecular weight is 287 g/mol. The van der Waals surface area contributed by atoms with Gasteiger partial charge in [0.15, 0.2) is 0 Å². The molecule has 79 valence electrons. The molecule has 0 atom stereocenters. The number of nitrogens with zero attached hydrogens (tertiary/aromatic N) is 4. The largest absolute Gasteiger partial charge is 2.00 e. The zero-order chi connectivity index (χ0) is 10.8. The van der Waals surface area contributed by atoms with E-state index in [4.69, 9.17) is 41.5 Å². The molecule has 0 unspecified atom stereocenters. The summed E-state index contributed by atoms with van der Waals surface area (Å²) >= 11 is 0. The van der Waals surface area contributed by atoms with E-state index in [0.717, 1.165) is 0 Å². The molecule has 0 amide bonds. The van der Waals surface area contributed by atoms with Gasteiger partial charge in [-0.25, -0.2) is 21.0 Å². The summed E-state index contributed by atoms with van der Waals surface area (Å²) in [7, 11) is 0. The molecule has 0 fully saturated rings. The third-order valence-electron chi connectivity index (χ3n) is 0. The molecule has 10 heteroatoms. The number of hydrogen-bond donors (Lipinski definition) is 0. The van der Waals surface area contributed by atoms with Gasteiger partial charge in [-0.05, 0) is 0 Å². The van der Waals surface area contributed by atoms with Gasteiger partial charge in [-0.15, -0.1) is 0 Å². The van der Waals surface area contributed by atoms with Crippen LogP contribution in [-0.2, 0) is 34.1 Å². The second-order valence-electron chi connectivity index (χ2n) is 0.365. The van der Waals surface area contributed by atoms with Gasteiger partial charge in [-0.3, -0.25) is 0 Å². The number of hydrogen-bond acceptors (Lipinski definition) is 8. The Kier molecular flexibility index (Phi) is 685. The van der Waals surface area contributed by atoms with Crippen molar-refractivity contribution < 1.29 is 54.6 Å². The van der Waals surface area contributed by atoms with Crippen molar-refractivity contribution in [3.05, 3.63) is 0 Å².